The fraction of sp³-hybridized carbons (Fsp3) is 0.955. The first kappa shape index (κ1) is 19.7. The summed E-state index contributed by atoms with van der Waals surface area (Å²) in [5.74, 6) is 1.21. The summed E-state index contributed by atoms with van der Waals surface area (Å²) in [6, 6.07) is 0. The minimum atomic E-state index is -0.741. The van der Waals surface area contributed by atoms with Gasteiger partial charge in [-0.25, -0.2) is 0 Å². The smallest absolute Gasteiger partial charge is 0.303 e. The van der Waals surface area contributed by atoms with Gasteiger partial charge in [0.2, 0.25) is 0 Å². The van der Waals surface area contributed by atoms with Crippen molar-refractivity contribution < 1.29 is 25.2 Å². The number of aliphatic hydroxyl groups excluding tert-OH is 3. The van der Waals surface area contributed by atoms with E-state index in [4.69, 9.17) is 5.11 Å². The van der Waals surface area contributed by atoms with Crippen molar-refractivity contribution in [2.24, 2.45) is 40.9 Å². The fourth-order valence-corrected chi connectivity index (χ4v) is 7.88. The second kappa shape index (κ2) is 7.31. The maximum absolute atomic E-state index is 11.1. The molecule has 4 aliphatic carbocycles. The number of aliphatic carboxylic acids is 1. The topological polar surface area (TPSA) is 98.0 Å². The van der Waals surface area contributed by atoms with Crippen molar-refractivity contribution in [1.82, 2.24) is 0 Å². The first-order valence-corrected chi connectivity index (χ1v) is 11.1. The van der Waals surface area contributed by atoms with Gasteiger partial charge < -0.3 is 20.4 Å². The highest BCUT2D eigenvalue weighted by Gasteiger charge is 2.61. The van der Waals surface area contributed by atoms with Gasteiger partial charge in [0.15, 0.2) is 0 Å². The molecule has 27 heavy (non-hydrogen) atoms. The molecule has 0 aliphatic heterocycles. The first-order valence-electron chi connectivity index (χ1n) is 11.1. The highest BCUT2D eigenvalue weighted by Crippen LogP contribution is 2.64. The quantitative estimate of drug-likeness (QED) is 0.601. The third-order valence-corrected chi connectivity index (χ3v) is 9.10. The third kappa shape index (κ3) is 3.34. The van der Waals surface area contributed by atoms with E-state index in [1.165, 1.54) is 0 Å². The lowest BCUT2D eigenvalue weighted by atomic mass is 9.45. The minimum absolute atomic E-state index is 0.121. The van der Waals surface area contributed by atoms with Gasteiger partial charge in [0.1, 0.15) is 0 Å². The number of carboxylic acids is 1. The maximum atomic E-state index is 11.1. The van der Waals surface area contributed by atoms with E-state index in [0.717, 1.165) is 51.4 Å². The highest BCUT2D eigenvalue weighted by atomic mass is 16.4. The lowest BCUT2D eigenvalue weighted by Crippen LogP contribution is -2.59. The fourth-order valence-electron chi connectivity index (χ4n) is 7.88. The molecule has 4 rings (SSSR count). The van der Waals surface area contributed by atoms with Crippen molar-refractivity contribution in [2.75, 3.05) is 0 Å². The molecule has 0 heterocycles. The molecule has 0 radical (unpaired) electrons. The summed E-state index contributed by atoms with van der Waals surface area (Å²) >= 11 is 0. The van der Waals surface area contributed by atoms with Crippen molar-refractivity contribution in [3.8, 4) is 0 Å². The average molecular weight is 381 g/mol. The van der Waals surface area contributed by atoms with Gasteiger partial charge in [0.05, 0.1) is 18.3 Å². The molecular weight excluding hydrogens is 344 g/mol. The zero-order chi connectivity index (χ0) is 19.3. The van der Waals surface area contributed by atoms with Gasteiger partial charge in [0.25, 0.3) is 0 Å². The van der Waals surface area contributed by atoms with Crippen molar-refractivity contribution in [2.45, 2.75) is 89.4 Å². The predicted octanol–water partition coefficient (Wildman–Crippen LogP) is 2.81. The van der Waals surface area contributed by atoms with Crippen LogP contribution in [0.3, 0.4) is 0 Å². The first-order chi connectivity index (χ1) is 12.8. The molecule has 5 nitrogen and oxygen atoms in total. The molecule has 5 heteroatoms. The SMILES string of the molecule is C[C@]12CC[C@@H](O)C[C@H]1C[C@@H](O)[C@H]1[C@@H]3CC[C@H](CCCC(=O)O)C3[C@@H](O)C[C@@H]12. The van der Waals surface area contributed by atoms with Crippen LogP contribution in [0.2, 0.25) is 0 Å². The molecule has 154 valence electrons. The molecule has 4 saturated carbocycles. The molecule has 0 amide bonds. The van der Waals surface area contributed by atoms with Crippen LogP contribution in [0.1, 0.15) is 71.1 Å². The van der Waals surface area contributed by atoms with Gasteiger partial charge in [-0.2, -0.15) is 0 Å². The summed E-state index contributed by atoms with van der Waals surface area (Å²) < 4.78 is 0. The molecule has 1 unspecified atom stereocenters. The zero-order valence-electron chi connectivity index (χ0n) is 16.5. The van der Waals surface area contributed by atoms with Gasteiger partial charge in [-0.1, -0.05) is 6.92 Å². The predicted molar refractivity (Wildman–Crippen MR) is 101 cm³/mol. The largest absolute Gasteiger partial charge is 0.481 e. The lowest BCUT2D eigenvalue weighted by molar-refractivity contribution is -0.180. The summed E-state index contributed by atoms with van der Waals surface area (Å²) in [4.78, 5) is 10.8. The lowest BCUT2D eigenvalue weighted by Gasteiger charge is -2.61. The summed E-state index contributed by atoms with van der Waals surface area (Å²) in [7, 11) is 0. The van der Waals surface area contributed by atoms with Crippen LogP contribution in [-0.4, -0.2) is 44.7 Å². The summed E-state index contributed by atoms with van der Waals surface area (Å²) in [5.41, 5.74) is 0.121. The highest BCUT2D eigenvalue weighted by molar-refractivity contribution is 5.66. The number of aliphatic hydroxyl groups is 3. The summed E-state index contributed by atoms with van der Waals surface area (Å²) in [6.45, 7) is 2.35. The Bertz CT molecular complexity index is 565. The number of rotatable bonds is 4. The van der Waals surface area contributed by atoms with Gasteiger partial charge in [-0.3, -0.25) is 4.79 Å². The molecule has 4 N–H and O–H groups in total. The van der Waals surface area contributed by atoms with Crippen LogP contribution in [0.15, 0.2) is 0 Å². The van der Waals surface area contributed by atoms with Crippen LogP contribution in [0.4, 0.5) is 0 Å². The number of hydrogen-bond donors (Lipinski definition) is 4. The summed E-state index contributed by atoms with van der Waals surface area (Å²) in [6.07, 6.45) is 7.18. The molecule has 0 aromatic heterocycles. The molecule has 10 atom stereocenters. The maximum Gasteiger partial charge on any atom is 0.303 e. The Balaban J connectivity index is 1.52. The van der Waals surface area contributed by atoms with Crippen LogP contribution >= 0.6 is 0 Å². The summed E-state index contributed by atoms with van der Waals surface area (Å²) in [5, 5.41) is 41.2. The standard InChI is InChI=1S/C22H36O5/c1-22-8-7-14(23)9-13(22)10-17(24)21-15-6-5-12(3-2-4-19(26)27)20(15)18(25)11-16(21)22/h12-18,20-21,23-25H,2-11H2,1H3,(H,26,27)/t12-,13-,14+,15+,16-,17+,18-,20?,21-,22-/m0/s1. The van der Waals surface area contributed by atoms with Gasteiger partial charge in [-0.15, -0.1) is 0 Å². The number of fused-ring (bicyclic) bond motifs is 5. The molecule has 0 aromatic rings. The molecule has 0 aromatic carbocycles. The number of hydrogen-bond acceptors (Lipinski definition) is 4. The van der Waals surface area contributed by atoms with Crippen molar-refractivity contribution >= 4 is 5.97 Å². The normalized spacial score (nSPS) is 51.9. The Hall–Kier alpha value is -0.650. The van der Waals surface area contributed by atoms with Crippen LogP contribution in [0.25, 0.3) is 0 Å². The van der Waals surface area contributed by atoms with E-state index in [9.17, 15) is 20.1 Å². The van der Waals surface area contributed by atoms with E-state index < -0.39 is 5.97 Å². The zero-order valence-corrected chi connectivity index (χ0v) is 16.5. The van der Waals surface area contributed by atoms with E-state index in [2.05, 4.69) is 6.92 Å². The molecule has 4 aliphatic rings. The van der Waals surface area contributed by atoms with E-state index in [-0.39, 0.29) is 42.0 Å². The molecular formula is C22H36O5. The number of carboxylic acid groups (broad SMARTS) is 1. The van der Waals surface area contributed by atoms with Gasteiger partial charge in [-0.05, 0) is 98.7 Å². The molecule has 4 fully saturated rings. The Morgan fingerprint density at radius 3 is 2.48 bits per heavy atom. The minimum Gasteiger partial charge on any atom is -0.481 e. The Morgan fingerprint density at radius 1 is 1.00 bits per heavy atom. The van der Waals surface area contributed by atoms with Crippen LogP contribution in [0, 0.1) is 40.9 Å². The van der Waals surface area contributed by atoms with Gasteiger partial charge >= 0.3 is 5.97 Å². The average Bonchev–Trinajstić information content (AvgIpc) is 3.01. The van der Waals surface area contributed by atoms with Crippen LogP contribution < -0.4 is 0 Å². The van der Waals surface area contributed by atoms with Crippen molar-refractivity contribution in [1.29, 1.82) is 0 Å². The Kier molecular flexibility index (Phi) is 5.32. The van der Waals surface area contributed by atoms with Crippen molar-refractivity contribution in [3.63, 3.8) is 0 Å². The van der Waals surface area contributed by atoms with E-state index in [1.54, 1.807) is 0 Å². The second-order valence-electron chi connectivity index (χ2n) is 10.3. The Morgan fingerprint density at radius 2 is 1.74 bits per heavy atom. The monoisotopic (exact) mass is 380 g/mol. The van der Waals surface area contributed by atoms with Crippen LogP contribution in [-0.2, 0) is 4.79 Å². The third-order valence-electron chi connectivity index (χ3n) is 9.10. The Labute approximate surface area is 162 Å². The van der Waals surface area contributed by atoms with Gasteiger partial charge in [0, 0.05) is 6.42 Å². The van der Waals surface area contributed by atoms with Crippen molar-refractivity contribution in [3.05, 3.63) is 0 Å². The van der Waals surface area contributed by atoms with E-state index >= 15 is 0 Å². The molecule has 0 saturated heterocycles. The molecule has 0 bridgehead atoms. The number of carbonyl (C=O) groups is 1. The van der Waals surface area contributed by atoms with E-state index in [0.29, 0.717) is 30.1 Å². The van der Waals surface area contributed by atoms with E-state index in [1.807, 2.05) is 0 Å². The second-order valence-corrected chi connectivity index (χ2v) is 10.3. The molecule has 0 spiro atoms. The van der Waals surface area contributed by atoms with Crippen LogP contribution in [0.5, 0.6) is 0 Å².